The lowest BCUT2D eigenvalue weighted by atomic mass is 10.0. The molecule has 0 aromatic rings. The van der Waals surface area contributed by atoms with E-state index in [9.17, 15) is 4.79 Å². The zero-order chi connectivity index (χ0) is 11.8. The van der Waals surface area contributed by atoms with Gasteiger partial charge in [0.15, 0.2) is 0 Å². The Bertz CT molecular complexity index is 182. The van der Waals surface area contributed by atoms with Crippen LogP contribution in [0, 0.1) is 11.8 Å². The van der Waals surface area contributed by atoms with Crippen LogP contribution in [0.2, 0.25) is 0 Å². The smallest absolute Gasteiger partial charge is 0.322 e. The molecule has 0 aliphatic heterocycles. The summed E-state index contributed by atoms with van der Waals surface area (Å²) in [5.41, 5.74) is 5.71. The Kier molecular flexibility index (Phi) is 11.2. The first-order valence-electron chi connectivity index (χ1n) is 5.93. The second-order valence-electron chi connectivity index (χ2n) is 4.55. The summed E-state index contributed by atoms with van der Waals surface area (Å²) in [6.45, 7) is 8.83. The van der Waals surface area contributed by atoms with E-state index in [4.69, 9.17) is 10.5 Å². The third-order valence-corrected chi connectivity index (χ3v) is 2.64. The van der Waals surface area contributed by atoms with Gasteiger partial charge < -0.3 is 10.5 Å². The molecular formula is C12H26ClNO2. The van der Waals surface area contributed by atoms with Crippen molar-refractivity contribution in [1.29, 1.82) is 0 Å². The fraction of sp³-hybridized carbons (Fsp3) is 0.917. The number of ether oxygens (including phenoxy) is 1. The van der Waals surface area contributed by atoms with Crippen molar-refractivity contribution in [3.05, 3.63) is 0 Å². The van der Waals surface area contributed by atoms with E-state index < -0.39 is 6.04 Å². The maximum absolute atomic E-state index is 11.5. The lowest BCUT2D eigenvalue weighted by Gasteiger charge is -2.16. The number of hydrogen-bond donors (Lipinski definition) is 1. The number of rotatable bonds is 7. The van der Waals surface area contributed by atoms with Gasteiger partial charge in [-0.05, 0) is 18.3 Å². The molecule has 0 rings (SSSR count). The highest BCUT2D eigenvalue weighted by atomic mass is 35.5. The first-order valence-corrected chi connectivity index (χ1v) is 5.93. The summed E-state index contributed by atoms with van der Waals surface area (Å²) in [6, 6.07) is -0.459. The Morgan fingerprint density at radius 1 is 1.25 bits per heavy atom. The van der Waals surface area contributed by atoms with Gasteiger partial charge in [0, 0.05) is 0 Å². The molecule has 0 bridgehead atoms. The highest BCUT2D eigenvalue weighted by Crippen LogP contribution is 2.09. The molecule has 4 heteroatoms. The number of carbonyl (C=O) groups is 1. The van der Waals surface area contributed by atoms with Gasteiger partial charge in [0.05, 0.1) is 6.61 Å². The first-order chi connectivity index (χ1) is 7.01. The highest BCUT2D eigenvalue weighted by molar-refractivity contribution is 5.85. The SMILES string of the molecule is CCC(CC)COC(=O)C(N)CC(C)C.Cl. The van der Waals surface area contributed by atoms with Crippen LogP contribution in [-0.2, 0) is 9.53 Å². The molecule has 0 aromatic heterocycles. The van der Waals surface area contributed by atoms with Gasteiger partial charge in [-0.1, -0.05) is 40.5 Å². The van der Waals surface area contributed by atoms with Crippen molar-refractivity contribution in [1.82, 2.24) is 0 Å². The fourth-order valence-corrected chi connectivity index (χ4v) is 1.44. The van der Waals surface area contributed by atoms with E-state index in [0.29, 0.717) is 24.9 Å². The van der Waals surface area contributed by atoms with Crippen LogP contribution >= 0.6 is 12.4 Å². The second kappa shape index (κ2) is 9.91. The molecule has 0 fully saturated rings. The number of esters is 1. The molecule has 0 heterocycles. The van der Waals surface area contributed by atoms with Crippen molar-refractivity contribution in [2.24, 2.45) is 17.6 Å². The lowest BCUT2D eigenvalue weighted by molar-refractivity contribution is -0.147. The Balaban J connectivity index is 0. The molecule has 3 nitrogen and oxygen atoms in total. The molecule has 98 valence electrons. The average Bonchev–Trinajstić information content (AvgIpc) is 2.18. The fourth-order valence-electron chi connectivity index (χ4n) is 1.44. The van der Waals surface area contributed by atoms with Gasteiger partial charge in [-0.2, -0.15) is 0 Å². The molecule has 2 N–H and O–H groups in total. The average molecular weight is 252 g/mol. The van der Waals surface area contributed by atoms with Crippen molar-refractivity contribution >= 4 is 18.4 Å². The third-order valence-electron chi connectivity index (χ3n) is 2.64. The number of carbonyl (C=O) groups excluding carboxylic acids is 1. The number of hydrogen-bond acceptors (Lipinski definition) is 3. The quantitative estimate of drug-likeness (QED) is 0.708. The Hall–Kier alpha value is -0.280. The molecule has 1 atom stereocenters. The van der Waals surface area contributed by atoms with Gasteiger partial charge in [0.2, 0.25) is 0 Å². The minimum absolute atomic E-state index is 0. The molecular weight excluding hydrogens is 226 g/mol. The first kappa shape index (κ1) is 18.1. The lowest BCUT2D eigenvalue weighted by Crippen LogP contribution is -2.34. The topological polar surface area (TPSA) is 52.3 Å². The molecule has 0 aliphatic rings. The van der Waals surface area contributed by atoms with E-state index in [1.54, 1.807) is 0 Å². The third kappa shape index (κ3) is 7.94. The molecule has 0 amide bonds. The number of halogens is 1. The highest BCUT2D eigenvalue weighted by Gasteiger charge is 2.17. The predicted molar refractivity (Wildman–Crippen MR) is 69.7 cm³/mol. The van der Waals surface area contributed by atoms with E-state index in [1.165, 1.54) is 0 Å². The van der Waals surface area contributed by atoms with Crippen LogP contribution in [0.25, 0.3) is 0 Å². The largest absolute Gasteiger partial charge is 0.464 e. The van der Waals surface area contributed by atoms with Gasteiger partial charge in [-0.3, -0.25) is 4.79 Å². The van der Waals surface area contributed by atoms with Crippen LogP contribution in [0.4, 0.5) is 0 Å². The zero-order valence-corrected chi connectivity index (χ0v) is 11.7. The summed E-state index contributed by atoms with van der Waals surface area (Å²) in [4.78, 5) is 11.5. The van der Waals surface area contributed by atoms with Crippen LogP contribution < -0.4 is 5.73 Å². The summed E-state index contributed by atoms with van der Waals surface area (Å²) in [5.74, 6) is 0.650. The molecule has 1 unspecified atom stereocenters. The van der Waals surface area contributed by atoms with Crippen molar-refractivity contribution in [2.75, 3.05) is 6.61 Å². The summed E-state index contributed by atoms with van der Waals surface area (Å²) in [5, 5.41) is 0. The Morgan fingerprint density at radius 2 is 1.75 bits per heavy atom. The Labute approximate surface area is 106 Å². The molecule has 16 heavy (non-hydrogen) atoms. The maximum atomic E-state index is 11.5. The molecule has 0 saturated heterocycles. The van der Waals surface area contributed by atoms with E-state index in [2.05, 4.69) is 13.8 Å². The van der Waals surface area contributed by atoms with Gasteiger partial charge in [0.25, 0.3) is 0 Å². The summed E-state index contributed by atoms with van der Waals surface area (Å²) < 4.78 is 5.18. The van der Waals surface area contributed by atoms with Gasteiger partial charge in [-0.25, -0.2) is 0 Å². The molecule has 0 aromatic carbocycles. The van der Waals surface area contributed by atoms with Crippen LogP contribution in [0.3, 0.4) is 0 Å². The van der Waals surface area contributed by atoms with Crippen molar-refractivity contribution in [2.45, 2.75) is 53.0 Å². The second-order valence-corrected chi connectivity index (χ2v) is 4.55. The van der Waals surface area contributed by atoms with E-state index >= 15 is 0 Å². The molecule has 0 saturated carbocycles. The van der Waals surface area contributed by atoms with E-state index in [-0.39, 0.29) is 18.4 Å². The minimum Gasteiger partial charge on any atom is -0.464 e. The molecule has 0 aliphatic carbocycles. The monoisotopic (exact) mass is 251 g/mol. The maximum Gasteiger partial charge on any atom is 0.322 e. The Morgan fingerprint density at radius 3 is 2.12 bits per heavy atom. The van der Waals surface area contributed by atoms with Crippen LogP contribution in [-0.4, -0.2) is 18.6 Å². The minimum atomic E-state index is -0.459. The van der Waals surface area contributed by atoms with Gasteiger partial charge in [-0.15, -0.1) is 12.4 Å². The van der Waals surface area contributed by atoms with Crippen LogP contribution in [0.15, 0.2) is 0 Å². The number of nitrogens with two attached hydrogens (primary N) is 1. The van der Waals surface area contributed by atoms with Crippen molar-refractivity contribution < 1.29 is 9.53 Å². The van der Waals surface area contributed by atoms with Crippen LogP contribution in [0.1, 0.15) is 47.0 Å². The van der Waals surface area contributed by atoms with Crippen molar-refractivity contribution in [3.63, 3.8) is 0 Å². The molecule has 0 spiro atoms. The summed E-state index contributed by atoms with van der Waals surface area (Å²) >= 11 is 0. The van der Waals surface area contributed by atoms with Gasteiger partial charge >= 0.3 is 5.97 Å². The summed E-state index contributed by atoms with van der Waals surface area (Å²) in [7, 11) is 0. The zero-order valence-electron chi connectivity index (χ0n) is 10.9. The van der Waals surface area contributed by atoms with Gasteiger partial charge in [0.1, 0.15) is 6.04 Å². The summed E-state index contributed by atoms with van der Waals surface area (Å²) in [6.07, 6.45) is 2.79. The normalized spacial score (nSPS) is 12.4. The molecule has 0 radical (unpaired) electrons. The van der Waals surface area contributed by atoms with E-state index in [0.717, 1.165) is 12.8 Å². The predicted octanol–water partition coefficient (Wildman–Crippen LogP) is 2.76. The standard InChI is InChI=1S/C12H25NO2.ClH/c1-5-10(6-2)8-15-12(14)11(13)7-9(3)4;/h9-11H,5-8,13H2,1-4H3;1H. The van der Waals surface area contributed by atoms with Crippen molar-refractivity contribution in [3.8, 4) is 0 Å². The van der Waals surface area contributed by atoms with E-state index in [1.807, 2.05) is 13.8 Å². The van der Waals surface area contributed by atoms with Crippen LogP contribution in [0.5, 0.6) is 0 Å².